The van der Waals surface area contributed by atoms with Crippen molar-refractivity contribution >= 4 is 44.8 Å². The van der Waals surface area contributed by atoms with Gasteiger partial charge in [0.2, 0.25) is 0 Å². The van der Waals surface area contributed by atoms with Crippen LogP contribution in [0.3, 0.4) is 0 Å². The van der Waals surface area contributed by atoms with Crippen molar-refractivity contribution in [1.82, 2.24) is 9.38 Å². The Labute approximate surface area is 147 Å². The second-order valence-corrected chi connectivity index (χ2v) is 6.55. The quantitative estimate of drug-likeness (QED) is 0.691. The molecule has 0 atom stereocenters. The zero-order valence-electron chi connectivity index (χ0n) is 12.7. The second-order valence-electron chi connectivity index (χ2n) is 5.25. The maximum atomic E-state index is 12.7. The lowest BCUT2D eigenvalue weighted by molar-refractivity contribution is 0.102. The summed E-state index contributed by atoms with van der Waals surface area (Å²) in [6, 6.07) is 9.27. The van der Waals surface area contributed by atoms with E-state index in [9.17, 15) is 4.79 Å². The van der Waals surface area contributed by atoms with Gasteiger partial charge in [-0.05, 0) is 49.2 Å². The number of hydrogen-bond acceptors (Lipinski definition) is 2. The van der Waals surface area contributed by atoms with Crippen LogP contribution in [0.5, 0.6) is 0 Å². The van der Waals surface area contributed by atoms with Gasteiger partial charge in [0.05, 0.1) is 10.7 Å². The van der Waals surface area contributed by atoms with Crippen LogP contribution >= 0.6 is 27.5 Å². The summed E-state index contributed by atoms with van der Waals surface area (Å²) in [4.78, 5) is 17.3. The number of aromatic nitrogens is 2. The predicted octanol–water partition coefficient (Wildman–Crippen LogP) is 4.87. The molecule has 23 heavy (non-hydrogen) atoms. The number of rotatable bonds is 3. The van der Waals surface area contributed by atoms with Gasteiger partial charge in [0.25, 0.3) is 5.91 Å². The first-order chi connectivity index (χ1) is 11.0. The number of hydrogen-bond donors (Lipinski definition) is 1. The Morgan fingerprint density at radius 3 is 2.83 bits per heavy atom. The molecule has 0 aliphatic heterocycles. The zero-order chi connectivity index (χ0) is 16.6. The summed E-state index contributed by atoms with van der Waals surface area (Å²) < 4.78 is 2.74. The molecule has 0 bridgehead atoms. The molecular formula is C17H15BrClN3O. The lowest BCUT2D eigenvalue weighted by Gasteiger charge is -2.08. The maximum absolute atomic E-state index is 12.7. The molecule has 3 rings (SSSR count). The maximum Gasteiger partial charge on any atom is 0.274 e. The third-order valence-electron chi connectivity index (χ3n) is 3.62. The van der Waals surface area contributed by atoms with Crippen LogP contribution in [-0.2, 0) is 6.42 Å². The van der Waals surface area contributed by atoms with E-state index in [1.807, 2.05) is 38.1 Å². The first-order valence-electron chi connectivity index (χ1n) is 7.23. The van der Waals surface area contributed by atoms with E-state index in [-0.39, 0.29) is 5.91 Å². The summed E-state index contributed by atoms with van der Waals surface area (Å²) >= 11 is 9.52. The number of carbonyl (C=O) groups is 1. The highest BCUT2D eigenvalue weighted by Crippen LogP contribution is 2.22. The molecule has 0 saturated heterocycles. The fraction of sp³-hybridized carbons (Fsp3) is 0.176. The number of carbonyl (C=O) groups excluding carboxylic acids is 1. The lowest BCUT2D eigenvalue weighted by Crippen LogP contribution is -2.16. The normalized spacial score (nSPS) is 11.0. The van der Waals surface area contributed by atoms with Gasteiger partial charge in [0, 0.05) is 16.4 Å². The van der Waals surface area contributed by atoms with Crippen molar-refractivity contribution in [2.45, 2.75) is 20.3 Å². The number of benzene rings is 1. The Balaban J connectivity index is 2.02. The first kappa shape index (κ1) is 16.0. The van der Waals surface area contributed by atoms with Crippen molar-refractivity contribution in [3.8, 4) is 0 Å². The smallest absolute Gasteiger partial charge is 0.274 e. The second kappa shape index (κ2) is 6.34. The number of anilines is 1. The summed E-state index contributed by atoms with van der Waals surface area (Å²) in [5.41, 5.74) is 3.78. The van der Waals surface area contributed by atoms with Crippen LogP contribution in [0.15, 0.2) is 41.0 Å². The van der Waals surface area contributed by atoms with E-state index in [1.165, 1.54) is 0 Å². The van der Waals surface area contributed by atoms with E-state index >= 15 is 0 Å². The minimum absolute atomic E-state index is 0.196. The number of halogens is 2. The van der Waals surface area contributed by atoms with Gasteiger partial charge in [-0.15, -0.1) is 0 Å². The molecule has 0 spiro atoms. The number of imidazole rings is 1. The van der Waals surface area contributed by atoms with Gasteiger partial charge in [-0.2, -0.15) is 0 Å². The average molecular weight is 393 g/mol. The number of fused-ring (bicyclic) bond motifs is 1. The molecule has 2 heterocycles. The van der Waals surface area contributed by atoms with Crippen LogP contribution in [0.25, 0.3) is 5.65 Å². The van der Waals surface area contributed by atoms with Crippen LogP contribution in [0, 0.1) is 6.92 Å². The molecule has 0 aliphatic rings. The van der Waals surface area contributed by atoms with Gasteiger partial charge in [-0.1, -0.05) is 34.5 Å². The molecule has 1 N–H and O–H groups in total. The highest BCUT2D eigenvalue weighted by molar-refractivity contribution is 9.10. The van der Waals surface area contributed by atoms with Crippen molar-refractivity contribution in [3.63, 3.8) is 0 Å². The molecule has 0 aliphatic carbocycles. The predicted molar refractivity (Wildman–Crippen MR) is 96.4 cm³/mol. The molecule has 0 radical (unpaired) electrons. The van der Waals surface area contributed by atoms with Gasteiger partial charge >= 0.3 is 0 Å². The third kappa shape index (κ3) is 3.12. The summed E-state index contributed by atoms with van der Waals surface area (Å²) in [7, 11) is 0. The molecule has 4 nitrogen and oxygen atoms in total. The standard InChI is InChI=1S/C17H15BrClN3O/c1-3-14-16(22-9-11(19)4-7-15(22)21-14)17(23)20-12-5-6-13(18)10(2)8-12/h4-9H,3H2,1-2H3,(H,20,23). The first-order valence-corrected chi connectivity index (χ1v) is 8.40. The Morgan fingerprint density at radius 2 is 2.13 bits per heavy atom. The fourth-order valence-corrected chi connectivity index (χ4v) is 2.87. The number of aryl methyl sites for hydroxylation is 2. The van der Waals surface area contributed by atoms with Crippen LogP contribution in [0.4, 0.5) is 5.69 Å². The molecule has 0 unspecified atom stereocenters. The minimum atomic E-state index is -0.196. The molecular weight excluding hydrogens is 378 g/mol. The molecule has 6 heteroatoms. The topological polar surface area (TPSA) is 46.4 Å². The van der Waals surface area contributed by atoms with Crippen molar-refractivity contribution in [2.75, 3.05) is 5.32 Å². The van der Waals surface area contributed by atoms with Crippen LogP contribution in [0.1, 0.15) is 28.7 Å². The SMILES string of the molecule is CCc1nc2ccc(Cl)cn2c1C(=O)Nc1ccc(Br)c(C)c1. The van der Waals surface area contributed by atoms with E-state index in [0.29, 0.717) is 22.8 Å². The molecule has 1 amide bonds. The van der Waals surface area contributed by atoms with Crippen molar-refractivity contribution < 1.29 is 4.79 Å². The number of amides is 1. The monoisotopic (exact) mass is 391 g/mol. The lowest BCUT2D eigenvalue weighted by atomic mass is 10.2. The van der Waals surface area contributed by atoms with Crippen LogP contribution in [0.2, 0.25) is 5.02 Å². The van der Waals surface area contributed by atoms with E-state index in [4.69, 9.17) is 11.6 Å². The Kier molecular flexibility index (Phi) is 4.41. The summed E-state index contributed by atoms with van der Waals surface area (Å²) in [5, 5.41) is 3.50. The van der Waals surface area contributed by atoms with Gasteiger partial charge in [-0.25, -0.2) is 4.98 Å². The highest BCUT2D eigenvalue weighted by Gasteiger charge is 2.18. The van der Waals surface area contributed by atoms with Crippen molar-refractivity contribution in [1.29, 1.82) is 0 Å². The van der Waals surface area contributed by atoms with Crippen molar-refractivity contribution in [2.24, 2.45) is 0 Å². The van der Waals surface area contributed by atoms with E-state index in [2.05, 4.69) is 26.2 Å². The Morgan fingerprint density at radius 1 is 1.35 bits per heavy atom. The van der Waals surface area contributed by atoms with Gasteiger partial charge < -0.3 is 5.32 Å². The average Bonchev–Trinajstić information content (AvgIpc) is 2.88. The van der Waals surface area contributed by atoms with E-state index in [1.54, 1.807) is 16.7 Å². The Hall–Kier alpha value is -1.85. The number of nitrogens with zero attached hydrogens (tertiary/aromatic N) is 2. The fourth-order valence-electron chi connectivity index (χ4n) is 2.47. The van der Waals surface area contributed by atoms with E-state index in [0.717, 1.165) is 21.4 Å². The molecule has 0 saturated carbocycles. The summed E-state index contributed by atoms with van der Waals surface area (Å²) in [6.07, 6.45) is 2.38. The molecule has 1 aromatic carbocycles. The van der Waals surface area contributed by atoms with E-state index < -0.39 is 0 Å². The summed E-state index contributed by atoms with van der Waals surface area (Å²) in [5.74, 6) is -0.196. The van der Waals surface area contributed by atoms with Crippen molar-refractivity contribution in [3.05, 3.63) is 63.0 Å². The van der Waals surface area contributed by atoms with Gasteiger partial charge in [0.15, 0.2) is 0 Å². The highest BCUT2D eigenvalue weighted by atomic mass is 79.9. The molecule has 2 aromatic heterocycles. The van der Waals surface area contributed by atoms with Crippen LogP contribution < -0.4 is 5.32 Å². The zero-order valence-corrected chi connectivity index (χ0v) is 15.1. The third-order valence-corrected chi connectivity index (χ3v) is 4.73. The van der Waals surface area contributed by atoms with Gasteiger partial charge in [-0.3, -0.25) is 9.20 Å². The largest absolute Gasteiger partial charge is 0.321 e. The Bertz CT molecular complexity index is 904. The van der Waals surface area contributed by atoms with Crippen LogP contribution in [-0.4, -0.2) is 15.3 Å². The molecule has 118 valence electrons. The minimum Gasteiger partial charge on any atom is -0.321 e. The number of pyridine rings is 1. The number of nitrogens with one attached hydrogen (secondary N) is 1. The summed E-state index contributed by atoms with van der Waals surface area (Å²) in [6.45, 7) is 3.95. The molecule has 0 fully saturated rings. The molecule has 3 aromatic rings. The van der Waals surface area contributed by atoms with Gasteiger partial charge in [0.1, 0.15) is 11.3 Å².